The molecule has 2 N–H and O–H groups in total. The summed E-state index contributed by atoms with van der Waals surface area (Å²) < 4.78 is 34.4. The van der Waals surface area contributed by atoms with E-state index < -0.39 is 10.0 Å². The lowest BCUT2D eigenvalue weighted by molar-refractivity contribution is 0.232. The van der Waals surface area contributed by atoms with Crippen molar-refractivity contribution in [3.8, 4) is 5.88 Å². The predicted molar refractivity (Wildman–Crippen MR) is 105 cm³/mol. The molecule has 1 aromatic carbocycles. The van der Waals surface area contributed by atoms with Crippen molar-refractivity contribution in [2.75, 3.05) is 13.1 Å². The van der Waals surface area contributed by atoms with E-state index in [9.17, 15) is 8.42 Å². The molecular weight excluding hydrogens is 362 g/mol. The quantitative estimate of drug-likeness (QED) is 0.761. The molecule has 0 bridgehead atoms. The van der Waals surface area contributed by atoms with Crippen LogP contribution in [-0.4, -0.2) is 32.6 Å². The summed E-state index contributed by atoms with van der Waals surface area (Å²) in [5, 5.41) is 3.34. The molecule has 0 aliphatic carbocycles. The van der Waals surface area contributed by atoms with Gasteiger partial charge in [-0.2, -0.15) is 0 Å². The largest absolute Gasteiger partial charge is 0.475 e. The second-order valence-corrected chi connectivity index (χ2v) is 8.81. The number of rotatable bonds is 7. The van der Waals surface area contributed by atoms with Gasteiger partial charge in [0.2, 0.25) is 15.9 Å². The van der Waals surface area contributed by atoms with E-state index in [2.05, 4.69) is 15.0 Å². The molecule has 27 heavy (non-hydrogen) atoms. The zero-order valence-electron chi connectivity index (χ0n) is 15.8. The Balaban J connectivity index is 1.83. The van der Waals surface area contributed by atoms with E-state index in [4.69, 9.17) is 4.74 Å². The number of nitrogens with one attached hydrogen (secondary N) is 2. The molecule has 0 spiro atoms. The molecule has 1 aliphatic heterocycles. The first-order valence-electron chi connectivity index (χ1n) is 9.36. The first-order valence-corrected chi connectivity index (χ1v) is 10.8. The monoisotopic (exact) mass is 389 g/mol. The molecule has 2 heterocycles. The van der Waals surface area contributed by atoms with Crippen LogP contribution in [0.5, 0.6) is 5.88 Å². The molecule has 0 radical (unpaired) electrons. The van der Waals surface area contributed by atoms with Gasteiger partial charge in [0.1, 0.15) is 4.90 Å². The number of hydrogen-bond donors (Lipinski definition) is 2. The van der Waals surface area contributed by atoms with Gasteiger partial charge >= 0.3 is 0 Å². The molecule has 3 rings (SSSR count). The number of aromatic nitrogens is 1. The Hall–Kier alpha value is -1.96. The van der Waals surface area contributed by atoms with Gasteiger partial charge in [-0.05, 0) is 57.3 Å². The number of ether oxygens (including phenoxy) is 1. The van der Waals surface area contributed by atoms with Crippen LogP contribution in [0.25, 0.3) is 0 Å². The van der Waals surface area contributed by atoms with Crippen molar-refractivity contribution in [2.24, 2.45) is 5.92 Å². The van der Waals surface area contributed by atoms with Crippen LogP contribution in [0, 0.1) is 5.92 Å². The summed E-state index contributed by atoms with van der Waals surface area (Å²) in [5.41, 5.74) is 0.987. The van der Waals surface area contributed by atoms with Crippen LogP contribution in [0.2, 0.25) is 0 Å². The lowest BCUT2D eigenvalue weighted by atomic mass is 9.87. The third kappa shape index (κ3) is 5.28. The summed E-state index contributed by atoms with van der Waals surface area (Å²) in [6, 6.07) is 12.7. The highest BCUT2D eigenvalue weighted by Gasteiger charge is 2.29. The maximum atomic E-state index is 13.0. The first kappa shape index (κ1) is 19.8. The van der Waals surface area contributed by atoms with E-state index in [1.54, 1.807) is 6.07 Å². The zero-order valence-corrected chi connectivity index (χ0v) is 16.6. The number of benzene rings is 1. The van der Waals surface area contributed by atoms with Crippen LogP contribution in [0.4, 0.5) is 0 Å². The molecule has 1 saturated heterocycles. The molecule has 0 saturated carbocycles. The van der Waals surface area contributed by atoms with Crippen molar-refractivity contribution in [1.82, 2.24) is 15.0 Å². The maximum Gasteiger partial charge on any atom is 0.242 e. The van der Waals surface area contributed by atoms with Gasteiger partial charge in [-0.3, -0.25) is 0 Å². The summed E-state index contributed by atoms with van der Waals surface area (Å²) in [6.07, 6.45) is 3.20. The van der Waals surface area contributed by atoms with Gasteiger partial charge in [-0.15, -0.1) is 0 Å². The van der Waals surface area contributed by atoms with Crippen molar-refractivity contribution in [1.29, 1.82) is 0 Å². The van der Waals surface area contributed by atoms with E-state index in [1.165, 1.54) is 12.3 Å². The Morgan fingerprint density at radius 3 is 2.41 bits per heavy atom. The summed E-state index contributed by atoms with van der Waals surface area (Å²) in [5.74, 6) is 0.668. The third-order valence-corrected chi connectivity index (χ3v) is 6.10. The summed E-state index contributed by atoms with van der Waals surface area (Å²) in [7, 11) is -3.69. The second kappa shape index (κ2) is 8.82. The van der Waals surface area contributed by atoms with Crippen LogP contribution in [-0.2, 0) is 10.0 Å². The van der Waals surface area contributed by atoms with E-state index in [0.717, 1.165) is 31.5 Å². The van der Waals surface area contributed by atoms with Gasteiger partial charge in [0.25, 0.3) is 0 Å². The molecule has 1 fully saturated rings. The molecule has 7 heteroatoms. The Morgan fingerprint density at radius 2 is 1.81 bits per heavy atom. The Kier molecular flexibility index (Phi) is 6.46. The second-order valence-electron chi connectivity index (χ2n) is 7.10. The minimum atomic E-state index is -3.69. The highest BCUT2D eigenvalue weighted by Crippen LogP contribution is 2.30. The fourth-order valence-corrected chi connectivity index (χ4v) is 4.58. The maximum absolute atomic E-state index is 13.0. The van der Waals surface area contributed by atoms with Crippen molar-refractivity contribution >= 4 is 10.0 Å². The number of nitrogens with zero attached hydrogens (tertiary/aromatic N) is 1. The average molecular weight is 390 g/mol. The molecule has 0 amide bonds. The van der Waals surface area contributed by atoms with Gasteiger partial charge < -0.3 is 10.1 Å². The smallest absolute Gasteiger partial charge is 0.242 e. The first-order chi connectivity index (χ1) is 13.0. The van der Waals surface area contributed by atoms with E-state index in [0.29, 0.717) is 5.88 Å². The molecule has 1 aromatic heterocycles. The number of sulfonamides is 1. The highest BCUT2D eigenvalue weighted by molar-refractivity contribution is 7.89. The van der Waals surface area contributed by atoms with Crippen molar-refractivity contribution < 1.29 is 13.2 Å². The normalized spacial score (nSPS) is 17.0. The standard InChI is InChI=1S/C20H27N3O3S/c1-15(2)26-19-9-8-18(14-22-19)27(24,25)23-20(16-6-4-3-5-7-16)17-10-12-21-13-11-17/h3-9,14-15,17,20-21,23H,10-13H2,1-2H3/t20-/m0/s1. The zero-order chi connectivity index (χ0) is 19.3. The van der Waals surface area contributed by atoms with Gasteiger partial charge in [-0.25, -0.2) is 18.1 Å². The third-order valence-electron chi connectivity index (χ3n) is 4.67. The van der Waals surface area contributed by atoms with E-state index in [1.807, 2.05) is 44.2 Å². The number of hydrogen-bond acceptors (Lipinski definition) is 5. The highest BCUT2D eigenvalue weighted by atomic mass is 32.2. The van der Waals surface area contributed by atoms with Crippen LogP contribution in [0.3, 0.4) is 0 Å². The SMILES string of the molecule is CC(C)Oc1ccc(S(=O)(=O)N[C@@H](c2ccccc2)C2CCNCC2)cn1. The van der Waals surface area contributed by atoms with Crippen molar-refractivity contribution in [2.45, 2.75) is 43.7 Å². The van der Waals surface area contributed by atoms with Crippen LogP contribution in [0.15, 0.2) is 53.6 Å². The molecule has 1 atom stereocenters. The minimum Gasteiger partial charge on any atom is -0.475 e. The Morgan fingerprint density at radius 1 is 1.11 bits per heavy atom. The van der Waals surface area contributed by atoms with Crippen molar-refractivity contribution in [3.05, 3.63) is 54.2 Å². The summed E-state index contributed by atoms with van der Waals surface area (Å²) in [6.45, 7) is 5.60. The molecule has 146 valence electrons. The fraction of sp³-hybridized carbons (Fsp3) is 0.450. The van der Waals surface area contributed by atoms with E-state index in [-0.39, 0.29) is 23.0 Å². The summed E-state index contributed by atoms with van der Waals surface area (Å²) >= 11 is 0. The van der Waals surface area contributed by atoms with Crippen LogP contribution < -0.4 is 14.8 Å². The van der Waals surface area contributed by atoms with Crippen molar-refractivity contribution in [3.63, 3.8) is 0 Å². The van der Waals surface area contributed by atoms with Gasteiger partial charge in [0.15, 0.2) is 0 Å². The fourth-order valence-electron chi connectivity index (χ4n) is 3.35. The minimum absolute atomic E-state index is 0.0135. The molecule has 2 aromatic rings. The van der Waals surface area contributed by atoms with Gasteiger partial charge in [-0.1, -0.05) is 30.3 Å². The number of pyridine rings is 1. The topological polar surface area (TPSA) is 80.3 Å². The lowest BCUT2D eigenvalue weighted by Gasteiger charge is -2.31. The average Bonchev–Trinajstić information content (AvgIpc) is 2.67. The Labute approximate surface area is 161 Å². The van der Waals surface area contributed by atoms with Gasteiger partial charge in [0.05, 0.1) is 12.3 Å². The Bertz CT molecular complexity index is 817. The van der Waals surface area contributed by atoms with E-state index >= 15 is 0 Å². The van der Waals surface area contributed by atoms with Gasteiger partial charge in [0, 0.05) is 12.1 Å². The predicted octanol–water partition coefficient (Wildman–Crippen LogP) is 2.89. The molecular formula is C20H27N3O3S. The molecule has 1 aliphatic rings. The lowest BCUT2D eigenvalue weighted by Crippen LogP contribution is -2.38. The summed E-state index contributed by atoms with van der Waals surface area (Å²) in [4.78, 5) is 4.27. The molecule has 0 unspecified atom stereocenters. The number of piperidine rings is 1. The van der Waals surface area contributed by atoms with Crippen LogP contribution >= 0.6 is 0 Å². The molecule has 6 nitrogen and oxygen atoms in total. The van der Waals surface area contributed by atoms with Crippen LogP contribution in [0.1, 0.15) is 38.3 Å².